The van der Waals surface area contributed by atoms with Gasteiger partial charge < -0.3 is 29.9 Å². The molecule has 1 aromatic carbocycles. The SMILES string of the molecule is [N-]=[N+]=Nc1ccc(O[C@@H]2[C@@H](O)[C@@H](O)[C@@H](CO)O[C@H]2O)cc1. The molecular weight excluding hydrogens is 282 g/mol. The van der Waals surface area contributed by atoms with Gasteiger partial charge in [0.15, 0.2) is 12.4 Å². The molecule has 9 heteroatoms. The van der Waals surface area contributed by atoms with Crippen LogP contribution in [0, 0.1) is 0 Å². The highest BCUT2D eigenvalue weighted by atomic mass is 16.7. The van der Waals surface area contributed by atoms with Crippen molar-refractivity contribution in [2.45, 2.75) is 30.7 Å². The second-order valence-corrected chi connectivity index (χ2v) is 4.49. The van der Waals surface area contributed by atoms with Gasteiger partial charge in [-0.25, -0.2) is 0 Å². The van der Waals surface area contributed by atoms with E-state index in [1.807, 2.05) is 0 Å². The highest BCUT2D eigenvalue weighted by Gasteiger charge is 2.45. The molecule has 0 radical (unpaired) electrons. The van der Waals surface area contributed by atoms with E-state index in [1.165, 1.54) is 24.3 Å². The second-order valence-electron chi connectivity index (χ2n) is 4.49. The third kappa shape index (κ3) is 3.42. The van der Waals surface area contributed by atoms with Gasteiger partial charge in [0.05, 0.1) is 6.61 Å². The van der Waals surface area contributed by atoms with E-state index in [1.54, 1.807) is 0 Å². The summed E-state index contributed by atoms with van der Waals surface area (Å²) in [5.41, 5.74) is 8.67. The van der Waals surface area contributed by atoms with Gasteiger partial charge in [0.25, 0.3) is 0 Å². The third-order valence-electron chi connectivity index (χ3n) is 3.11. The Morgan fingerprint density at radius 3 is 2.43 bits per heavy atom. The van der Waals surface area contributed by atoms with Crippen molar-refractivity contribution in [3.05, 3.63) is 34.7 Å². The molecular formula is C12H15N3O6. The van der Waals surface area contributed by atoms with Crippen LogP contribution in [-0.4, -0.2) is 57.7 Å². The summed E-state index contributed by atoms with van der Waals surface area (Å²) in [6.07, 6.45) is -6.61. The van der Waals surface area contributed by atoms with Crippen LogP contribution in [0.3, 0.4) is 0 Å². The molecule has 21 heavy (non-hydrogen) atoms. The Morgan fingerprint density at radius 1 is 1.19 bits per heavy atom. The molecule has 4 N–H and O–H groups in total. The summed E-state index contributed by atoms with van der Waals surface area (Å²) in [7, 11) is 0. The molecule has 0 amide bonds. The zero-order valence-electron chi connectivity index (χ0n) is 10.9. The Balaban J connectivity index is 2.09. The predicted octanol–water partition coefficient (Wildman–Crippen LogP) is -0.193. The second kappa shape index (κ2) is 6.72. The number of azide groups is 1. The minimum atomic E-state index is -1.50. The largest absolute Gasteiger partial charge is 0.482 e. The van der Waals surface area contributed by atoms with E-state index in [-0.39, 0.29) is 5.75 Å². The first-order valence-corrected chi connectivity index (χ1v) is 6.19. The Morgan fingerprint density at radius 2 is 1.86 bits per heavy atom. The number of hydrogen-bond acceptors (Lipinski definition) is 7. The maximum Gasteiger partial charge on any atom is 0.195 e. The van der Waals surface area contributed by atoms with Crippen LogP contribution in [0.1, 0.15) is 0 Å². The molecule has 1 aliphatic heterocycles. The van der Waals surface area contributed by atoms with Gasteiger partial charge in [-0.1, -0.05) is 5.11 Å². The molecule has 0 bridgehead atoms. The normalized spacial score (nSPS) is 32.3. The molecule has 0 aliphatic carbocycles. The summed E-state index contributed by atoms with van der Waals surface area (Å²) < 4.78 is 10.3. The molecule has 0 spiro atoms. The predicted molar refractivity (Wildman–Crippen MR) is 69.6 cm³/mol. The van der Waals surface area contributed by atoms with Crippen LogP contribution in [0.25, 0.3) is 10.4 Å². The fourth-order valence-electron chi connectivity index (χ4n) is 2.00. The number of aliphatic hydroxyl groups excluding tert-OH is 4. The molecule has 114 valence electrons. The van der Waals surface area contributed by atoms with Crippen molar-refractivity contribution in [3.8, 4) is 5.75 Å². The molecule has 1 heterocycles. The Bertz CT molecular complexity index is 518. The molecule has 0 unspecified atom stereocenters. The van der Waals surface area contributed by atoms with Crippen LogP contribution < -0.4 is 4.74 Å². The van der Waals surface area contributed by atoms with E-state index in [2.05, 4.69) is 10.0 Å². The lowest BCUT2D eigenvalue weighted by molar-refractivity contribution is -0.280. The van der Waals surface area contributed by atoms with Crippen LogP contribution in [0.2, 0.25) is 0 Å². The van der Waals surface area contributed by atoms with Crippen molar-refractivity contribution in [1.29, 1.82) is 0 Å². The van der Waals surface area contributed by atoms with Crippen LogP contribution in [0.4, 0.5) is 5.69 Å². The maximum absolute atomic E-state index is 9.92. The smallest absolute Gasteiger partial charge is 0.195 e. The van der Waals surface area contributed by atoms with E-state index in [9.17, 15) is 15.3 Å². The van der Waals surface area contributed by atoms with Gasteiger partial charge >= 0.3 is 0 Å². The molecule has 1 fully saturated rings. The summed E-state index contributed by atoms with van der Waals surface area (Å²) in [5, 5.41) is 41.8. The van der Waals surface area contributed by atoms with E-state index in [0.717, 1.165) is 0 Å². The van der Waals surface area contributed by atoms with Crippen LogP contribution in [0.5, 0.6) is 5.75 Å². The van der Waals surface area contributed by atoms with E-state index in [0.29, 0.717) is 5.69 Å². The summed E-state index contributed by atoms with van der Waals surface area (Å²) in [6.45, 7) is -0.539. The summed E-state index contributed by atoms with van der Waals surface area (Å²) in [4.78, 5) is 2.63. The standard InChI is InChI=1S/C12H15N3O6/c13-15-14-6-1-3-7(4-2-6)20-11-10(18)9(17)8(5-16)21-12(11)19/h1-4,8-12,16-19H,5H2/t8-,9+,10+,11-,12-/m1/s1. The van der Waals surface area contributed by atoms with Crippen LogP contribution >= 0.6 is 0 Å². The first-order valence-electron chi connectivity index (χ1n) is 6.19. The maximum atomic E-state index is 9.92. The van der Waals surface area contributed by atoms with Crippen molar-refractivity contribution in [2.24, 2.45) is 5.11 Å². The first-order chi connectivity index (χ1) is 10.1. The van der Waals surface area contributed by atoms with Gasteiger partial charge in [0, 0.05) is 10.6 Å². The fraction of sp³-hybridized carbons (Fsp3) is 0.500. The lowest BCUT2D eigenvalue weighted by Crippen LogP contribution is -2.60. The van der Waals surface area contributed by atoms with Crippen molar-refractivity contribution in [2.75, 3.05) is 6.61 Å². The van der Waals surface area contributed by atoms with Crippen molar-refractivity contribution in [1.82, 2.24) is 0 Å². The minimum Gasteiger partial charge on any atom is -0.482 e. The number of ether oxygens (including phenoxy) is 2. The topological polar surface area (TPSA) is 148 Å². The number of rotatable bonds is 4. The quantitative estimate of drug-likeness (QED) is 0.344. The molecule has 0 saturated carbocycles. The monoisotopic (exact) mass is 297 g/mol. The van der Waals surface area contributed by atoms with Gasteiger partial charge in [-0.2, -0.15) is 0 Å². The average molecular weight is 297 g/mol. The van der Waals surface area contributed by atoms with Gasteiger partial charge in [-0.05, 0) is 29.8 Å². The third-order valence-corrected chi connectivity index (χ3v) is 3.11. The highest BCUT2D eigenvalue weighted by molar-refractivity contribution is 5.41. The summed E-state index contributed by atoms with van der Waals surface area (Å²) in [5.74, 6) is 0.285. The van der Waals surface area contributed by atoms with Crippen LogP contribution in [-0.2, 0) is 4.74 Å². The lowest BCUT2D eigenvalue weighted by atomic mass is 9.99. The molecule has 1 aliphatic rings. The average Bonchev–Trinajstić information content (AvgIpc) is 2.49. The number of aliphatic hydroxyl groups is 4. The summed E-state index contributed by atoms with van der Waals surface area (Å²) in [6, 6.07) is 5.94. The van der Waals surface area contributed by atoms with E-state index in [4.69, 9.17) is 20.1 Å². The van der Waals surface area contributed by atoms with Crippen molar-refractivity contribution < 1.29 is 29.9 Å². The van der Waals surface area contributed by atoms with Gasteiger partial charge in [-0.3, -0.25) is 0 Å². The summed E-state index contributed by atoms with van der Waals surface area (Å²) >= 11 is 0. The molecule has 1 aromatic rings. The number of nitrogens with zero attached hydrogens (tertiary/aromatic N) is 3. The molecule has 5 atom stereocenters. The zero-order chi connectivity index (χ0) is 15.4. The zero-order valence-corrected chi connectivity index (χ0v) is 10.9. The van der Waals surface area contributed by atoms with Crippen molar-refractivity contribution in [3.63, 3.8) is 0 Å². The highest BCUT2D eigenvalue weighted by Crippen LogP contribution is 2.26. The van der Waals surface area contributed by atoms with Crippen LogP contribution in [0.15, 0.2) is 29.4 Å². The lowest BCUT2D eigenvalue weighted by Gasteiger charge is -2.39. The van der Waals surface area contributed by atoms with E-state index >= 15 is 0 Å². The Kier molecular flexibility index (Phi) is 4.97. The Labute approximate surface area is 119 Å². The van der Waals surface area contributed by atoms with Gasteiger partial charge in [-0.15, -0.1) is 0 Å². The Hall–Kier alpha value is -1.87. The fourth-order valence-corrected chi connectivity index (χ4v) is 2.00. The van der Waals surface area contributed by atoms with Gasteiger partial charge in [0.2, 0.25) is 0 Å². The molecule has 9 nitrogen and oxygen atoms in total. The minimum absolute atomic E-state index is 0.285. The number of hydrogen-bond donors (Lipinski definition) is 4. The van der Waals surface area contributed by atoms with Gasteiger partial charge in [0.1, 0.15) is 24.1 Å². The molecule has 0 aromatic heterocycles. The molecule has 2 rings (SSSR count). The number of benzene rings is 1. The first kappa shape index (κ1) is 15.5. The molecule has 1 saturated heterocycles. The van der Waals surface area contributed by atoms with E-state index < -0.39 is 37.3 Å². The van der Waals surface area contributed by atoms with Crippen molar-refractivity contribution >= 4 is 5.69 Å².